The number of hydrogen-bond donors (Lipinski definition) is 1. The standard InChI is InChI=1S/C18H23N3OS/c1-13-5-6-16(10-14(13)2)17(22)20-11-15-4-3-8-21(12-15)18-19-7-9-23-18/h5-7,9-10,15H,3-4,8,11-12H2,1-2H3,(H,20,22). The number of hydrogen-bond acceptors (Lipinski definition) is 4. The van der Waals surface area contributed by atoms with Crippen LogP contribution in [0.5, 0.6) is 0 Å². The fraction of sp³-hybridized carbons (Fsp3) is 0.444. The van der Waals surface area contributed by atoms with Crippen molar-refractivity contribution in [2.45, 2.75) is 26.7 Å². The molecule has 122 valence electrons. The molecule has 1 aromatic carbocycles. The molecule has 5 heteroatoms. The van der Waals surface area contributed by atoms with E-state index in [1.807, 2.05) is 36.7 Å². The molecule has 1 aromatic heterocycles. The zero-order chi connectivity index (χ0) is 16.2. The Balaban J connectivity index is 1.55. The smallest absolute Gasteiger partial charge is 0.251 e. The molecule has 0 aliphatic carbocycles. The normalized spacial score (nSPS) is 18.0. The van der Waals surface area contributed by atoms with Gasteiger partial charge in [-0.05, 0) is 55.9 Å². The summed E-state index contributed by atoms with van der Waals surface area (Å²) in [6, 6.07) is 5.88. The molecule has 1 saturated heterocycles. The van der Waals surface area contributed by atoms with Gasteiger partial charge in [-0.3, -0.25) is 4.79 Å². The minimum Gasteiger partial charge on any atom is -0.352 e. The van der Waals surface area contributed by atoms with Gasteiger partial charge in [0.2, 0.25) is 0 Å². The molecule has 23 heavy (non-hydrogen) atoms. The van der Waals surface area contributed by atoms with E-state index in [0.29, 0.717) is 5.92 Å². The second-order valence-corrected chi connectivity index (χ2v) is 7.15. The van der Waals surface area contributed by atoms with E-state index in [1.165, 1.54) is 5.56 Å². The molecule has 1 fully saturated rings. The van der Waals surface area contributed by atoms with Crippen LogP contribution in [-0.4, -0.2) is 30.5 Å². The van der Waals surface area contributed by atoms with Gasteiger partial charge in [0.05, 0.1) is 0 Å². The average molecular weight is 329 g/mol. The summed E-state index contributed by atoms with van der Waals surface area (Å²) in [6.07, 6.45) is 4.17. The Labute approximate surface area is 141 Å². The first-order valence-electron chi connectivity index (χ1n) is 8.13. The number of nitrogens with zero attached hydrogens (tertiary/aromatic N) is 2. The number of anilines is 1. The van der Waals surface area contributed by atoms with E-state index >= 15 is 0 Å². The van der Waals surface area contributed by atoms with Crippen LogP contribution in [0.3, 0.4) is 0 Å². The summed E-state index contributed by atoms with van der Waals surface area (Å²) < 4.78 is 0. The molecule has 1 N–H and O–H groups in total. The molecule has 1 aliphatic rings. The molecule has 3 rings (SSSR count). The van der Waals surface area contributed by atoms with E-state index in [1.54, 1.807) is 11.3 Å². The molecule has 4 nitrogen and oxygen atoms in total. The van der Waals surface area contributed by atoms with Crippen molar-refractivity contribution in [1.82, 2.24) is 10.3 Å². The number of carbonyl (C=O) groups excluding carboxylic acids is 1. The summed E-state index contributed by atoms with van der Waals surface area (Å²) in [7, 11) is 0. The van der Waals surface area contributed by atoms with Crippen molar-refractivity contribution in [3.63, 3.8) is 0 Å². The molecular weight excluding hydrogens is 306 g/mol. The van der Waals surface area contributed by atoms with Crippen LogP contribution in [0.2, 0.25) is 0 Å². The third-order valence-corrected chi connectivity index (χ3v) is 5.36. The number of nitrogens with one attached hydrogen (secondary N) is 1. The van der Waals surface area contributed by atoms with Crippen LogP contribution in [0.15, 0.2) is 29.8 Å². The maximum Gasteiger partial charge on any atom is 0.251 e. The number of amides is 1. The van der Waals surface area contributed by atoms with Gasteiger partial charge in [0.25, 0.3) is 5.91 Å². The lowest BCUT2D eigenvalue weighted by atomic mass is 9.98. The van der Waals surface area contributed by atoms with Crippen molar-refractivity contribution in [2.75, 3.05) is 24.5 Å². The summed E-state index contributed by atoms with van der Waals surface area (Å²) in [5.41, 5.74) is 3.12. The van der Waals surface area contributed by atoms with Gasteiger partial charge in [-0.1, -0.05) is 6.07 Å². The number of thiazole rings is 1. The summed E-state index contributed by atoms with van der Waals surface area (Å²) >= 11 is 1.68. The van der Waals surface area contributed by atoms with E-state index in [9.17, 15) is 4.79 Å². The first kappa shape index (κ1) is 16.0. The molecule has 1 atom stereocenters. The van der Waals surface area contributed by atoms with E-state index in [2.05, 4.69) is 22.1 Å². The molecule has 0 saturated carbocycles. The second-order valence-electron chi connectivity index (χ2n) is 6.28. The van der Waals surface area contributed by atoms with Crippen LogP contribution in [0.1, 0.15) is 34.3 Å². The lowest BCUT2D eigenvalue weighted by Gasteiger charge is -2.32. The Morgan fingerprint density at radius 1 is 1.39 bits per heavy atom. The molecule has 0 radical (unpaired) electrons. The Morgan fingerprint density at radius 3 is 3.00 bits per heavy atom. The van der Waals surface area contributed by atoms with Crippen LogP contribution in [0, 0.1) is 19.8 Å². The van der Waals surface area contributed by atoms with Crippen LogP contribution < -0.4 is 10.2 Å². The highest BCUT2D eigenvalue weighted by atomic mass is 32.1. The van der Waals surface area contributed by atoms with Crippen molar-refractivity contribution in [1.29, 1.82) is 0 Å². The number of rotatable bonds is 4. The van der Waals surface area contributed by atoms with E-state index in [-0.39, 0.29) is 5.91 Å². The molecule has 0 bridgehead atoms. The number of piperidine rings is 1. The van der Waals surface area contributed by atoms with Gasteiger partial charge in [-0.25, -0.2) is 4.98 Å². The summed E-state index contributed by atoms with van der Waals surface area (Å²) in [5, 5.41) is 6.21. The van der Waals surface area contributed by atoms with Crippen molar-refractivity contribution in [2.24, 2.45) is 5.92 Å². The fourth-order valence-corrected chi connectivity index (χ4v) is 3.68. The largest absolute Gasteiger partial charge is 0.352 e. The second kappa shape index (κ2) is 7.13. The summed E-state index contributed by atoms with van der Waals surface area (Å²) in [4.78, 5) is 19.1. The maximum atomic E-state index is 12.3. The van der Waals surface area contributed by atoms with E-state index < -0.39 is 0 Å². The van der Waals surface area contributed by atoms with Gasteiger partial charge in [-0.2, -0.15) is 0 Å². The molecular formula is C18H23N3OS. The predicted octanol–water partition coefficient (Wildman–Crippen LogP) is 3.41. The zero-order valence-corrected chi connectivity index (χ0v) is 14.5. The third-order valence-electron chi connectivity index (χ3n) is 4.53. The van der Waals surface area contributed by atoms with Gasteiger partial charge in [0, 0.05) is 36.8 Å². The van der Waals surface area contributed by atoms with Crippen LogP contribution >= 0.6 is 11.3 Å². The number of aromatic nitrogens is 1. The maximum absolute atomic E-state index is 12.3. The molecule has 2 heterocycles. The molecule has 1 amide bonds. The Kier molecular flexibility index (Phi) is 4.96. The third kappa shape index (κ3) is 3.91. The number of benzene rings is 1. The van der Waals surface area contributed by atoms with E-state index in [4.69, 9.17) is 0 Å². The summed E-state index contributed by atoms with van der Waals surface area (Å²) in [6.45, 7) is 6.87. The van der Waals surface area contributed by atoms with Crippen molar-refractivity contribution in [3.8, 4) is 0 Å². The Morgan fingerprint density at radius 2 is 2.26 bits per heavy atom. The first-order chi connectivity index (χ1) is 11.1. The SMILES string of the molecule is Cc1ccc(C(=O)NCC2CCCN(c3nccs3)C2)cc1C. The Hall–Kier alpha value is -1.88. The topological polar surface area (TPSA) is 45.2 Å². The summed E-state index contributed by atoms with van der Waals surface area (Å²) in [5.74, 6) is 0.516. The van der Waals surface area contributed by atoms with Crippen LogP contribution in [0.25, 0.3) is 0 Å². The molecule has 1 aliphatic heterocycles. The Bertz CT molecular complexity index is 669. The van der Waals surface area contributed by atoms with Crippen LogP contribution in [0.4, 0.5) is 5.13 Å². The van der Waals surface area contributed by atoms with Crippen molar-refractivity contribution < 1.29 is 4.79 Å². The minimum atomic E-state index is 0.0273. The molecule has 1 unspecified atom stereocenters. The fourth-order valence-electron chi connectivity index (χ4n) is 3.00. The highest BCUT2D eigenvalue weighted by Crippen LogP contribution is 2.24. The average Bonchev–Trinajstić information content (AvgIpc) is 3.10. The van der Waals surface area contributed by atoms with Gasteiger partial charge in [0.15, 0.2) is 5.13 Å². The van der Waals surface area contributed by atoms with Gasteiger partial charge in [0.1, 0.15) is 0 Å². The minimum absolute atomic E-state index is 0.0273. The van der Waals surface area contributed by atoms with Gasteiger partial charge >= 0.3 is 0 Å². The molecule has 0 spiro atoms. The highest BCUT2D eigenvalue weighted by Gasteiger charge is 2.22. The predicted molar refractivity (Wildman–Crippen MR) is 95.3 cm³/mol. The van der Waals surface area contributed by atoms with Crippen molar-refractivity contribution >= 4 is 22.4 Å². The lowest BCUT2D eigenvalue weighted by Crippen LogP contribution is -2.41. The highest BCUT2D eigenvalue weighted by molar-refractivity contribution is 7.13. The molecule has 2 aromatic rings. The lowest BCUT2D eigenvalue weighted by molar-refractivity contribution is 0.0945. The zero-order valence-electron chi connectivity index (χ0n) is 13.7. The number of carbonyl (C=O) groups is 1. The number of aryl methyl sites for hydroxylation is 2. The van der Waals surface area contributed by atoms with Crippen LogP contribution in [-0.2, 0) is 0 Å². The first-order valence-corrected chi connectivity index (χ1v) is 9.01. The van der Waals surface area contributed by atoms with Gasteiger partial charge in [-0.15, -0.1) is 11.3 Å². The van der Waals surface area contributed by atoms with Gasteiger partial charge < -0.3 is 10.2 Å². The van der Waals surface area contributed by atoms with Crippen molar-refractivity contribution in [3.05, 3.63) is 46.5 Å². The van der Waals surface area contributed by atoms with E-state index in [0.717, 1.165) is 48.7 Å². The quantitative estimate of drug-likeness (QED) is 0.935. The monoisotopic (exact) mass is 329 g/mol.